The number of aromatic nitrogens is 1. The van der Waals surface area contributed by atoms with Crippen LogP contribution in [0.15, 0.2) is 18.2 Å². The maximum Gasteiger partial charge on any atom is 0.253 e. The van der Waals surface area contributed by atoms with E-state index in [0.29, 0.717) is 30.5 Å². The third-order valence-corrected chi connectivity index (χ3v) is 6.09. The predicted octanol–water partition coefficient (Wildman–Crippen LogP) is 2.89. The van der Waals surface area contributed by atoms with Crippen LogP contribution in [0, 0.1) is 19.7 Å². The summed E-state index contributed by atoms with van der Waals surface area (Å²) < 4.78 is 13.5. The molecule has 4 rings (SSSR count). The molecule has 2 heterocycles. The molecule has 2 amide bonds. The van der Waals surface area contributed by atoms with Crippen molar-refractivity contribution in [3.8, 4) is 0 Å². The molecule has 7 heteroatoms. The number of nitrogens with zero attached hydrogens (tertiary/aromatic N) is 1. The van der Waals surface area contributed by atoms with Crippen LogP contribution in [-0.2, 0) is 17.8 Å². The first-order valence-electron chi connectivity index (χ1n) is 10.1. The lowest BCUT2D eigenvalue weighted by Crippen LogP contribution is -2.38. The Morgan fingerprint density at radius 2 is 2.00 bits per heavy atom. The predicted molar refractivity (Wildman–Crippen MR) is 107 cm³/mol. The van der Waals surface area contributed by atoms with E-state index >= 15 is 0 Å². The van der Waals surface area contributed by atoms with Gasteiger partial charge < -0.3 is 20.3 Å². The number of hydrogen-bond donors (Lipinski definition) is 3. The molecule has 29 heavy (non-hydrogen) atoms. The molecule has 3 N–H and O–H groups in total. The van der Waals surface area contributed by atoms with Gasteiger partial charge in [0.15, 0.2) is 0 Å². The normalized spacial score (nSPS) is 21.4. The fourth-order valence-corrected chi connectivity index (χ4v) is 4.47. The Kier molecular flexibility index (Phi) is 5.17. The van der Waals surface area contributed by atoms with Crippen molar-refractivity contribution in [2.24, 2.45) is 0 Å². The number of amides is 2. The minimum atomic E-state index is -0.348. The van der Waals surface area contributed by atoms with Crippen LogP contribution in [-0.4, -0.2) is 34.1 Å². The van der Waals surface area contributed by atoms with Gasteiger partial charge in [-0.05, 0) is 68.9 Å². The van der Waals surface area contributed by atoms with Crippen molar-refractivity contribution < 1.29 is 19.1 Å². The SMILES string of the molecule is Cc1[nH]c(CN2C(=O)Cc3cc(F)ccc32)c(C)c1C(=O)NC1CCC(O)CC1. The van der Waals surface area contributed by atoms with Gasteiger partial charge >= 0.3 is 0 Å². The Hall–Kier alpha value is -2.67. The second-order valence-electron chi connectivity index (χ2n) is 8.14. The molecule has 1 aliphatic heterocycles. The van der Waals surface area contributed by atoms with Crippen molar-refractivity contribution in [2.75, 3.05) is 4.90 Å². The topological polar surface area (TPSA) is 85.4 Å². The van der Waals surface area contributed by atoms with Crippen molar-refractivity contribution in [3.05, 3.63) is 52.1 Å². The number of rotatable bonds is 4. The lowest BCUT2D eigenvalue weighted by atomic mass is 9.93. The average Bonchev–Trinajstić information content (AvgIpc) is 3.12. The lowest BCUT2D eigenvalue weighted by molar-refractivity contribution is -0.117. The molecule has 0 spiro atoms. The molecule has 2 aromatic rings. The molecule has 0 radical (unpaired) electrons. The Morgan fingerprint density at radius 3 is 2.72 bits per heavy atom. The highest BCUT2D eigenvalue weighted by atomic mass is 19.1. The van der Waals surface area contributed by atoms with Gasteiger partial charge in [-0.2, -0.15) is 0 Å². The first-order valence-corrected chi connectivity index (χ1v) is 10.1. The van der Waals surface area contributed by atoms with Crippen LogP contribution >= 0.6 is 0 Å². The molecule has 0 atom stereocenters. The van der Waals surface area contributed by atoms with Crippen LogP contribution in [0.4, 0.5) is 10.1 Å². The smallest absolute Gasteiger partial charge is 0.253 e. The number of carbonyl (C=O) groups excluding carboxylic acids is 2. The van der Waals surface area contributed by atoms with Gasteiger partial charge in [0, 0.05) is 23.1 Å². The van der Waals surface area contributed by atoms with E-state index in [1.165, 1.54) is 12.1 Å². The van der Waals surface area contributed by atoms with Gasteiger partial charge in [0.2, 0.25) is 5.91 Å². The summed E-state index contributed by atoms with van der Waals surface area (Å²) >= 11 is 0. The van der Waals surface area contributed by atoms with Crippen molar-refractivity contribution in [2.45, 2.75) is 64.6 Å². The van der Waals surface area contributed by atoms with Crippen LogP contribution in [0.1, 0.15) is 58.6 Å². The highest BCUT2D eigenvalue weighted by molar-refractivity contribution is 6.01. The Balaban J connectivity index is 1.52. The Bertz CT molecular complexity index is 960. The minimum absolute atomic E-state index is 0.0741. The van der Waals surface area contributed by atoms with Crippen LogP contribution in [0.5, 0.6) is 0 Å². The van der Waals surface area contributed by atoms with E-state index in [2.05, 4.69) is 10.3 Å². The van der Waals surface area contributed by atoms with Gasteiger partial charge in [0.1, 0.15) is 5.82 Å². The molecule has 0 bridgehead atoms. The first kappa shape index (κ1) is 19.6. The van der Waals surface area contributed by atoms with Gasteiger partial charge in [-0.1, -0.05) is 0 Å². The number of fused-ring (bicyclic) bond motifs is 1. The van der Waals surface area contributed by atoms with Gasteiger partial charge in [0.05, 0.1) is 24.6 Å². The van der Waals surface area contributed by atoms with Gasteiger partial charge in [-0.15, -0.1) is 0 Å². The number of H-pyrrole nitrogens is 1. The van der Waals surface area contributed by atoms with E-state index < -0.39 is 0 Å². The number of carbonyl (C=O) groups is 2. The molecule has 0 unspecified atom stereocenters. The molecule has 1 saturated carbocycles. The summed E-state index contributed by atoms with van der Waals surface area (Å²) in [4.78, 5) is 30.2. The van der Waals surface area contributed by atoms with E-state index in [4.69, 9.17) is 0 Å². The molecule has 1 fully saturated rings. The highest BCUT2D eigenvalue weighted by Crippen LogP contribution is 2.32. The van der Waals surface area contributed by atoms with Gasteiger partial charge in [-0.3, -0.25) is 9.59 Å². The molecular formula is C22H26FN3O3. The van der Waals surface area contributed by atoms with E-state index in [1.807, 2.05) is 13.8 Å². The zero-order valence-electron chi connectivity index (χ0n) is 16.7. The largest absolute Gasteiger partial charge is 0.393 e. The van der Waals surface area contributed by atoms with Crippen LogP contribution in [0.2, 0.25) is 0 Å². The number of benzene rings is 1. The Morgan fingerprint density at radius 1 is 1.28 bits per heavy atom. The van der Waals surface area contributed by atoms with E-state index in [-0.39, 0.29) is 36.2 Å². The fourth-order valence-electron chi connectivity index (χ4n) is 4.47. The van der Waals surface area contributed by atoms with Crippen LogP contribution in [0.25, 0.3) is 0 Å². The summed E-state index contributed by atoms with van der Waals surface area (Å²) in [6, 6.07) is 4.47. The third-order valence-electron chi connectivity index (χ3n) is 6.09. The van der Waals surface area contributed by atoms with E-state index in [0.717, 1.165) is 35.5 Å². The minimum Gasteiger partial charge on any atom is -0.393 e. The summed E-state index contributed by atoms with van der Waals surface area (Å²) in [6.45, 7) is 4.04. The molecule has 1 aromatic carbocycles. The van der Waals surface area contributed by atoms with Crippen molar-refractivity contribution in [1.82, 2.24) is 10.3 Å². The second kappa shape index (κ2) is 7.63. The van der Waals surface area contributed by atoms with Gasteiger partial charge in [-0.25, -0.2) is 4.39 Å². The maximum absolute atomic E-state index is 13.5. The highest BCUT2D eigenvalue weighted by Gasteiger charge is 2.30. The monoisotopic (exact) mass is 399 g/mol. The van der Waals surface area contributed by atoms with Crippen molar-refractivity contribution in [1.29, 1.82) is 0 Å². The number of nitrogens with one attached hydrogen (secondary N) is 2. The van der Waals surface area contributed by atoms with Gasteiger partial charge in [0.25, 0.3) is 5.91 Å². The summed E-state index contributed by atoms with van der Waals surface area (Å²) in [5.41, 5.74) is 4.40. The maximum atomic E-state index is 13.5. The number of aromatic amines is 1. The number of hydrogen-bond acceptors (Lipinski definition) is 3. The summed E-state index contributed by atoms with van der Waals surface area (Å²) in [5.74, 6) is -0.553. The molecule has 1 aliphatic carbocycles. The summed E-state index contributed by atoms with van der Waals surface area (Å²) in [6.07, 6.45) is 2.89. The molecule has 6 nitrogen and oxygen atoms in total. The third kappa shape index (κ3) is 3.79. The molecule has 154 valence electrons. The van der Waals surface area contributed by atoms with Crippen molar-refractivity contribution in [3.63, 3.8) is 0 Å². The summed E-state index contributed by atoms with van der Waals surface area (Å²) in [5, 5.41) is 12.7. The van der Waals surface area contributed by atoms with Crippen molar-refractivity contribution >= 4 is 17.5 Å². The first-order chi connectivity index (χ1) is 13.8. The molecule has 1 aromatic heterocycles. The zero-order valence-corrected chi connectivity index (χ0v) is 16.7. The standard InChI is InChI=1S/C22H26FN3O3/c1-12-18(11-26-19-8-3-15(23)9-14(19)10-20(26)28)24-13(2)21(12)22(29)25-16-4-6-17(27)7-5-16/h3,8-9,16-17,24,27H,4-7,10-11H2,1-2H3,(H,25,29). The van der Waals surface area contributed by atoms with Crippen LogP contribution in [0.3, 0.4) is 0 Å². The number of halogens is 1. The number of aryl methyl sites for hydroxylation is 1. The fraction of sp³-hybridized carbons (Fsp3) is 0.455. The molecule has 2 aliphatic rings. The van der Waals surface area contributed by atoms with Crippen LogP contribution < -0.4 is 10.2 Å². The number of aliphatic hydroxyl groups excluding tert-OH is 1. The zero-order chi connectivity index (χ0) is 20.7. The quantitative estimate of drug-likeness (QED) is 0.739. The Labute approximate surface area is 169 Å². The van der Waals surface area contributed by atoms with E-state index in [9.17, 15) is 19.1 Å². The average molecular weight is 399 g/mol. The number of aliphatic hydroxyl groups is 1. The lowest BCUT2D eigenvalue weighted by Gasteiger charge is -2.26. The second-order valence-corrected chi connectivity index (χ2v) is 8.14. The molecule has 0 saturated heterocycles. The molecular weight excluding hydrogens is 373 g/mol. The van der Waals surface area contributed by atoms with E-state index in [1.54, 1.807) is 11.0 Å². The summed E-state index contributed by atoms with van der Waals surface area (Å²) in [7, 11) is 0. The number of anilines is 1.